The summed E-state index contributed by atoms with van der Waals surface area (Å²) in [4.78, 5) is 33.7. The molecule has 3 aromatic rings. The smallest absolute Gasteiger partial charge is 0.270 e. The summed E-state index contributed by atoms with van der Waals surface area (Å²) in [6.07, 6.45) is 10.9. The molecular formula is C27H36N8O. The second-order valence-electron chi connectivity index (χ2n) is 10.8. The molecule has 1 N–H and O–H groups in total. The predicted octanol–water partition coefficient (Wildman–Crippen LogP) is 4.06. The minimum Gasteiger partial charge on any atom is -0.367 e. The van der Waals surface area contributed by atoms with Crippen molar-refractivity contribution >= 4 is 34.4 Å². The van der Waals surface area contributed by atoms with Gasteiger partial charge in [0, 0.05) is 56.9 Å². The SMILES string of the molecule is CCN1CCN(c2ccc(Nc3ncc4cc(C(=O)N(C)C)n(C5CCCC5)c4n3)nc2)CC12CC2. The Bertz CT molecular complexity index is 1260. The molecule has 0 radical (unpaired) electrons. The van der Waals surface area contributed by atoms with Gasteiger partial charge in [0.2, 0.25) is 5.95 Å². The van der Waals surface area contributed by atoms with Crippen LogP contribution in [0.25, 0.3) is 11.0 Å². The number of hydrogen-bond donors (Lipinski definition) is 1. The molecule has 1 spiro atoms. The number of carbonyl (C=O) groups excluding carboxylic acids is 1. The lowest BCUT2D eigenvalue weighted by atomic mass is 10.1. The monoisotopic (exact) mass is 488 g/mol. The number of nitrogens with one attached hydrogen (secondary N) is 1. The van der Waals surface area contributed by atoms with Crippen LogP contribution < -0.4 is 10.2 Å². The van der Waals surface area contributed by atoms with E-state index in [0.717, 1.165) is 55.9 Å². The van der Waals surface area contributed by atoms with Crippen molar-refractivity contribution in [3.63, 3.8) is 0 Å². The van der Waals surface area contributed by atoms with Gasteiger partial charge in [-0.25, -0.2) is 9.97 Å². The molecule has 1 aliphatic heterocycles. The van der Waals surface area contributed by atoms with Gasteiger partial charge >= 0.3 is 0 Å². The molecule has 2 aliphatic carbocycles. The van der Waals surface area contributed by atoms with Gasteiger partial charge in [0.25, 0.3) is 5.91 Å². The molecule has 2 saturated carbocycles. The molecule has 0 bridgehead atoms. The molecule has 1 amide bonds. The molecule has 6 rings (SSSR count). The molecule has 36 heavy (non-hydrogen) atoms. The summed E-state index contributed by atoms with van der Waals surface area (Å²) in [6, 6.07) is 6.37. The average Bonchev–Trinajstić information content (AvgIpc) is 3.28. The van der Waals surface area contributed by atoms with Crippen LogP contribution in [-0.2, 0) is 0 Å². The van der Waals surface area contributed by atoms with Gasteiger partial charge in [0.15, 0.2) is 0 Å². The fourth-order valence-corrected chi connectivity index (χ4v) is 6.10. The molecule has 3 aliphatic rings. The first-order chi connectivity index (χ1) is 17.5. The van der Waals surface area contributed by atoms with E-state index in [4.69, 9.17) is 4.98 Å². The Labute approximate surface area is 212 Å². The molecule has 3 fully saturated rings. The third-order valence-electron chi connectivity index (χ3n) is 8.25. The summed E-state index contributed by atoms with van der Waals surface area (Å²) in [5.41, 5.74) is 3.05. The highest BCUT2D eigenvalue weighted by Crippen LogP contribution is 2.44. The number of hydrogen-bond acceptors (Lipinski definition) is 7. The van der Waals surface area contributed by atoms with Gasteiger partial charge in [-0.3, -0.25) is 9.69 Å². The summed E-state index contributed by atoms with van der Waals surface area (Å²) in [5.74, 6) is 1.21. The maximum absolute atomic E-state index is 12.9. The second-order valence-corrected chi connectivity index (χ2v) is 10.8. The summed E-state index contributed by atoms with van der Waals surface area (Å²) < 4.78 is 2.14. The van der Waals surface area contributed by atoms with Crippen molar-refractivity contribution in [1.82, 2.24) is 29.3 Å². The van der Waals surface area contributed by atoms with Crippen LogP contribution in [-0.4, -0.2) is 81.0 Å². The Kier molecular flexibility index (Phi) is 5.82. The number of likely N-dealkylation sites (N-methyl/N-ethyl adjacent to an activating group) is 1. The number of amides is 1. The quantitative estimate of drug-likeness (QED) is 0.560. The first kappa shape index (κ1) is 23.2. The van der Waals surface area contributed by atoms with E-state index in [9.17, 15) is 4.79 Å². The number of fused-ring (bicyclic) bond motifs is 1. The topological polar surface area (TPSA) is 82.4 Å². The largest absolute Gasteiger partial charge is 0.367 e. The average molecular weight is 489 g/mol. The van der Waals surface area contributed by atoms with Gasteiger partial charge in [-0.05, 0) is 50.4 Å². The van der Waals surface area contributed by atoms with Gasteiger partial charge in [-0.1, -0.05) is 19.8 Å². The Hall–Kier alpha value is -3.20. The standard InChI is InChI=1S/C27H36N8O/c1-4-34-14-13-33(18-27(34)11-12-27)21-9-10-23(28-17-21)30-26-29-16-19-15-22(25(36)32(2)3)35(24(19)31-26)20-7-5-6-8-20/h9-10,15-17,20H,4-8,11-14,18H2,1-3H3,(H,28,29,30,31). The molecule has 0 atom stereocenters. The minimum absolute atomic E-state index is 0.000544. The third-order valence-corrected chi connectivity index (χ3v) is 8.25. The van der Waals surface area contributed by atoms with Crippen molar-refractivity contribution in [1.29, 1.82) is 0 Å². The van der Waals surface area contributed by atoms with Crippen molar-refractivity contribution in [3.8, 4) is 0 Å². The molecule has 0 aromatic carbocycles. The number of nitrogens with zero attached hydrogens (tertiary/aromatic N) is 7. The maximum atomic E-state index is 12.9. The van der Waals surface area contributed by atoms with Crippen molar-refractivity contribution in [2.45, 2.75) is 57.0 Å². The van der Waals surface area contributed by atoms with Gasteiger partial charge in [-0.15, -0.1) is 0 Å². The molecule has 9 nitrogen and oxygen atoms in total. The number of rotatable bonds is 6. The van der Waals surface area contributed by atoms with E-state index in [1.54, 1.807) is 25.2 Å². The normalized spacial score (nSPS) is 19.8. The van der Waals surface area contributed by atoms with Crippen molar-refractivity contribution in [3.05, 3.63) is 36.3 Å². The summed E-state index contributed by atoms with van der Waals surface area (Å²) in [6.45, 7) is 6.64. The van der Waals surface area contributed by atoms with Crippen LogP contribution >= 0.6 is 0 Å². The van der Waals surface area contributed by atoms with E-state index in [0.29, 0.717) is 23.2 Å². The summed E-state index contributed by atoms with van der Waals surface area (Å²) >= 11 is 0. The Morgan fingerprint density at radius 2 is 1.94 bits per heavy atom. The van der Waals surface area contributed by atoms with Crippen LogP contribution in [0, 0.1) is 0 Å². The Morgan fingerprint density at radius 3 is 2.61 bits per heavy atom. The summed E-state index contributed by atoms with van der Waals surface area (Å²) in [5, 5.41) is 4.17. The molecule has 3 aromatic heterocycles. The number of aromatic nitrogens is 4. The van der Waals surface area contributed by atoms with Crippen molar-refractivity contribution < 1.29 is 4.79 Å². The van der Waals surface area contributed by atoms with Crippen LogP contribution in [0.5, 0.6) is 0 Å². The number of carbonyl (C=O) groups is 1. The van der Waals surface area contributed by atoms with E-state index in [2.05, 4.69) is 42.6 Å². The molecule has 0 unspecified atom stereocenters. The first-order valence-electron chi connectivity index (χ1n) is 13.3. The van der Waals surface area contributed by atoms with Crippen molar-refractivity contribution in [2.24, 2.45) is 0 Å². The van der Waals surface area contributed by atoms with Gasteiger partial charge in [-0.2, -0.15) is 4.98 Å². The van der Waals surface area contributed by atoms with E-state index in [1.807, 2.05) is 18.3 Å². The lowest BCUT2D eigenvalue weighted by Crippen LogP contribution is -2.54. The van der Waals surface area contributed by atoms with Crippen LogP contribution in [0.3, 0.4) is 0 Å². The number of pyridine rings is 1. The lowest BCUT2D eigenvalue weighted by molar-refractivity contribution is 0.0815. The highest BCUT2D eigenvalue weighted by molar-refractivity contribution is 5.97. The molecule has 1 saturated heterocycles. The zero-order chi connectivity index (χ0) is 24.9. The third kappa shape index (κ3) is 4.09. The van der Waals surface area contributed by atoms with Gasteiger partial charge in [0.05, 0.1) is 11.9 Å². The number of piperazine rings is 1. The molecule has 9 heteroatoms. The number of anilines is 3. The van der Waals surface area contributed by atoms with Gasteiger partial charge in [0.1, 0.15) is 17.2 Å². The van der Waals surface area contributed by atoms with E-state index >= 15 is 0 Å². The van der Waals surface area contributed by atoms with E-state index < -0.39 is 0 Å². The van der Waals surface area contributed by atoms with Crippen LogP contribution in [0.15, 0.2) is 30.6 Å². The van der Waals surface area contributed by atoms with E-state index in [1.165, 1.54) is 31.4 Å². The Balaban J connectivity index is 1.23. The minimum atomic E-state index is -0.000544. The summed E-state index contributed by atoms with van der Waals surface area (Å²) in [7, 11) is 3.59. The molecule has 4 heterocycles. The second kappa shape index (κ2) is 9.03. The zero-order valence-corrected chi connectivity index (χ0v) is 21.6. The highest BCUT2D eigenvalue weighted by Gasteiger charge is 2.50. The van der Waals surface area contributed by atoms with Crippen LogP contribution in [0.4, 0.5) is 17.5 Å². The first-order valence-corrected chi connectivity index (χ1v) is 13.3. The van der Waals surface area contributed by atoms with Crippen LogP contribution in [0.1, 0.15) is 62.0 Å². The Morgan fingerprint density at radius 1 is 1.14 bits per heavy atom. The fourth-order valence-electron chi connectivity index (χ4n) is 6.10. The van der Waals surface area contributed by atoms with Crippen LogP contribution in [0.2, 0.25) is 0 Å². The van der Waals surface area contributed by atoms with Gasteiger partial charge < -0.3 is 19.7 Å². The molecule has 190 valence electrons. The zero-order valence-electron chi connectivity index (χ0n) is 21.6. The van der Waals surface area contributed by atoms with Crippen molar-refractivity contribution in [2.75, 3.05) is 50.5 Å². The molecular weight excluding hydrogens is 452 g/mol. The predicted molar refractivity (Wildman–Crippen MR) is 142 cm³/mol. The van der Waals surface area contributed by atoms with E-state index in [-0.39, 0.29) is 5.91 Å². The highest BCUT2D eigenvalue weighted by atomic mass is 16.2. The fraction of sp³-hybridized carbons (Fsp3) is 0.556. The lowest BCUT2D eigenvalue weighted by Gasteiger charge is -2.42. The maximum Gasteiger partial charge on any atom is 0.270 e.